The van der Waals surface area contributed by atoms with Crippen molar-refractivity contribution in [2.24, 2.45) is 5.73 Å². The van der Waals surface area contributed by atoms with Gasteiger partial charge in [0.15, 0.2) is 0 Å². The van der Waals surface area contributed by atoms with Crippen LogP contribution in [0.1, 0.15) is 23.6 Å². The summed E-state index contributed by atoms with van der Waals surface area (Å²) in [6, 6.07) is 3.57. The normalized spacial score (nSPS) is 13.2. The fourth-order valence-electron chi connectivity index (χ4n) is 2.10. The molecule has 0 amide bonds. The summed E-state index contributed by atoms with van der Waals surface area (Å²) in [5.41, 5.74) is 8.17. The SMILES string of the molecule is Cc1cc(C)c(S(=O)(=O)N(C)C(C)CN)c(C)c1.Cl. The average Bonchev–Trinajstić information content (AvgIpc) is 2.24. The predicted octanol–water partition coefficient (Wildman–Crippen LogP) is 2.00. The van der Waals surface area contributed by atoms with Gasteiger partial charge in [-0.3, -0.25) is 0 Å². The Labute approximate surface area is 122 Å². The number of likely N-dealkylation sites (N-methyl/N-ethyl adjacent to an activating group) is 1. The first-order valence-corrected chi connectivity index (χ1v) is 7.41. The fraction of sp³-hybridized carbons (Fsp3) is 0.538. The number of sulfonamides is 1. The topological polar surface area (TPSA) is 63.4 Å². The Morgan fingerprint density at radius 3 is 2.00 bits per heavy atom. The van der Waals surface area contributed by atoms with E-state index < -0.39 is 10.0 Å². The molecular formula is C13H23ClN2O2S. The molecule has 19 heavy (non-hydrogen) atoms. The zero-order valence-electron chi connectivity index (χ0n) is 12.1. The number of hydrogen-bond donors (Lipinski definition) is 1. The molecule has 6 heteroatoms. The third-order valence-corrected chi connectivity index (χ3v) is 5.48. The summed E-state index contributed by atoms with van der Waals surface area (Å²) in [6.07, 6.45) is 0. The smallest absolute Gasteiger partial charge is 0.243 e. The standard InChI is InChI=1S/C13H22N2O2S.ClH/c1-9-6-10(2)13(11(3)7-9)18(16,17)15(5)12(4)8-14;/h6-7,12H,8,14H2,1-5H3;1H. The van der Waals surface area contributed by atoms with Gasteiger partial charge in [-0.15, -0.1) is 12.4 Å². The van der Waals surface area contributed by atoms with Crippen molar-refractivity contribution in [2.75, 3.05) is 13.6 Å². The summed E-state index contributed by atoms with van der Waals surface area (Å²) in [5, 5.41) is 0. The molecule has 0 saturated heterocycles. The molecule has 0 heterocycles. The van der Waals surface area contributed by atoms with Crippen LogP contribution in [0.2, 0.25) is 0 Å². The van der Waals surface area contributed by atoms with Gasteiger partial charge in [0.05, 0.1) is 4.90 Å². The maximum atomic E-state index is 12.6. The zero-order chi connectivity index (χ0) is 14.1. The lowest BCUT2D eigenvalue weighted by Gasteiger charge is -2.25. The first-order valence-electron chi connectivity index (χ1n) is 5.97. The van der Waals surface area contributed by atoms with Crippen LogP contribution in [0.25, 0.3) is 0 Å². The van der Waals surface area contributed by atoms with Crippen molar-refractivity contribution in [3.05, 3.63) is 28.8 Å². The summed E-state index contributed by atoms with van der Waals surface area (Å²) in [7, 11) is -1.90. The van der Waals surface area contributed by atoms with Crippen molar-refractivity contribution in [1.82, 2.24) is 4.31 Å². The molecule has 0 fully saturated rings. The number of nitrogens with two attached hydrogens (primary N) is 1. The number of halogens is 1. The molecule has 0 aliphatic rings. The third-order valence-electron chi connectivity index (χ3n) is 3.20. The van der Waals surface area contributed by atoms with Crippen LogP contribution in [-0.4, -0.2) is 32.4 Å². The summed E-state index contributed by atoms with van der Waals surface area (Å²) >= 11 is 0. The van der Waals surface area contributed by atoms with Gasteiger partial charge in [-0.1, -0.05) is 17.7 Å². The van der Waals surface area contributed by atoms with E-state index in [1.807, 2.05) is 32.9 Å². The Balaban J connectivity index is 0.00000324. The summed E-state index contributed by atoms with van der Waals surface area (Å²) < 4.78 is 26.5. The second-order valence-electron chi connectivity index (χ2n) is 4.83. The highest BCUT2D eigenvalue weighted by atomic mass is 35.5. The van der Waals surface area contributed by atoms with Crippen molar-refractivity contribution in [3.8, 4) is 0 Å². The van der Waals surface area contributed by atoms with Gasteiger partial charge < -0.3 is 5.73 Å². The van der Waals surface area contributed by atoms with Crippen LogP contribution in [0.4, 0.5) is 0 Å². The van der Waals surface area contributed by atoms with Gasteiger partial charge in [0, 0.05) is 19.6 Å². The van der Waals surface area contributed by atoms with Crippen LogP contribution in [0.3, 0.4) is 0 Å². The molecule has 110 valence electrons. The minimum absolute atomic E-state index is 0. The first-order chi connectivity index (χ1) is 8.21. The van der Waals surface area contributed by atoms with Crippen molar-refractivity contribution in [2.45, 2.75) is 38.6 Å². The Morgan fingerprint density at radius 2 is 1.63 bits per heavy atom. The molecular weight excluding hydrogens is 284 g/mol. The molecule has 1 aromatic carbocycles. The predicted molar refractivity (Wildman–Crippen MR) is 81.4 cm³/mol. The second kappa shape index (κ2) is 6.70. The van der Waals surface area contributed by atoms with Crippen LogP contribution in [0, 0.1) is 20.8 Å². The van der Waals surface area contributed by atoms with E-state index in [1.54, 1.807) is 14.0 Å². The largest absolute Gasteiger partial charge is 0.329 e. The van der Waals surface area contributed by atoms with E-state index in [9.17, 15) is 8.42 Å². The maximum absolute atomic E-state index is 12.6. The molecule has 2 N–H and O–H groups in total. The fourth-order valence-corrected chi connectivity index (χ4v) is 3.88. The van der Waals surface area contributed by atoms with E-state index in [4.69, 9.17) is 5.73 Å². The molecule has 0 spiro atoms. The van der Waals surface area contributed by atoms with Crippen LogP contribution in [0.15, 0.2) is 17.0 Å². The maximum Gasteiger partial charge on any atom is 0.243 e. The number of hydrogen-bond acceptors (Lipinski definition) is 3. The van der Waals surface area contributed by atoms with E-state index in [0.29, 0.717) is 11.4 Å². The second-order valence-corrected chi connectivity index (χ2v) is 6.77. The summed E-state index contributed by atoms with van der Waals surface area (Å²) in [5.74, 6) is 0. The van der Waals surface area contributed by atoms with E-state index in [-0.39, 0.29) is 18.4 Å². The average molecular weight is 307 g/mol. The van der Waals surface area contributed by atoms with Gasteiger partial charge in [0.25, 0.3) is 0 Å². The Morgan fingerprint density at radius 1 is 1.21 bits per heavy atom. The van der Waals surface area contributed by atoms with Crippen LogP contribution >= 0.6 is 12.4 Å². The monoisotopic (exact) mass is 306 g/mol. The molecule has 4 nitrogen and oxygen atoms in total. The third kappa shape index (κ3) is 3.69. The molecule has 0 aliphatic carbocycles. The lowest BCUT2D eigenvalue weighted by Crippen LogP contribution is -2.40. The van der Waals surface area contributed by atoms with Gasteiger partial charge in [0.1, 0.15) is 0 Å². The minimum atomic E-state index is -3.48. The Bertz CT molecular complexity index is 521. The van der Waals surface area contributed by atoms with Crippen molar-refractivity contribution >= 4 is 22.4 Å². The quantitative estimate of drug-likeness (QED) is 0.925. The molecule has 1 atom stereocenters. The highest BCUT2D eigenvalue weighted by molar-refractivity contribution is 7.89. The van der Waals surface area contributed by atoms with Gasteiger partial charge in [-0.25, -0.2) is 8.42 Å². The van der Waals surface area contributed by atoms with E-state index in [2.05, 4.69) is 0 Å². The van der Waals surface area contributed by atoms with Crippen LogP contribution < -0.4 is 5.73 Å². The molecule has 1 rings (SSSR count). The summed E-state index contributed by atoms with van der Waals surface area (Å²) in [4.78, 5) is 0.399. The van der Waals surface area contributed by atoms with Gasteiger partial charge in [0.2, 0.25) is 10.0 Å². The lowest BCUT2D eigenvalue weighted by atomic mass is 10.1. The highest BCUT2D eigenvalue weighted by Crippen LogP contribution is 2.25. The van der Waals surface area contributed by atoms with Gasteiger partial charge in [-0.2, -0.15) is 4.31 Å². The Kier molecular flexibility index (Phi) is 6.48. The first kappa shape index (κ1) is 18.4. The summed E-state index contributed by atoms with van der Waals surface area (Å²) in [6.45, 7) is 7.72. The number of nitrogens with zero attached hydrogens (tertiary/aromatic N) is 1. The van der Waals surface area contributed by atoms with E-state index in [1.165, 1.54) is 4.31 Å². The van der Waals surface area contributed by atoms with Crippen molar-refractivity contribution < 1.29 is 8.42 Å². The molecule has 1 aromatic rings. The highest BCUT2D eigenvalue weighted by Gasteiger charge is 2.27. The molecule has 0 radical (unpaired) electrons. The molecule has 1 unspecified atom stereocenters. The zero-order valence-corrected chi connectivity index (χ0v) is 13.7. The molecule has 0 saturated carbocycles. The number of rotatable bonds is 4. The number of aryl methyl sites for hydroxylation is 3. The molecule has 0 aromatic heterocycles. The van der Waals surface area contributed by atoms with E-state index >= 15 is 0 Å². The number of benzene rings is 1. The van der Waals surface area contributed by atoms with Crippen LogP contribution in [0.5, 0.6) is 0 Å². The lowest BCUT2D eigenvalue weighted by molar-refractivity contribution is 0.394. The van der Waals surface area contributed by atoms with Crippen molar-refractivity contribution in [1.29, 1.82) is 0 Å². The molecule has 0 bridgehead atoms. The van der Waals surface area contributed by atoms with Gasteiger partial charge >= 0.3 is 0 Å². The minimum Gasteiger partial charge on any atom is -0.329 e. The Hall–Kier alpha value is -0.620. The van der Waals surface area contributed by atoms with Gasteiger partial charge in [-0.05, 0) is 38.8 Å². The van der Waals surface area contributed by atoms with Crippen molar-refractivity contribution in [3.63, 3.8) is 0 Å². The molecule has 0 aliphatic heterocycles. The van der Waals surface area contributed by atoms with E-state index in [0.717, 1.165) is 16.7 Å². The van der Waals surface area contributed by atoms with Crippen LogP contribution in [-0.2, 0) is 10.0 Å².